The SMILES string of the molecule is CN=C(NCCc1cccc(C(=O)NC)c1)NC(C)c1ccc(OC)c(F)c1. The molecule has 0 aromatic heterocycles. The Bertz CT molecular complexity index is 839. The maximum absolute atomic E-state index is 13.9. The molecule has 2 aromatic carbocycles. The lowest BCUT2D eigenvalue weighted by Crippen LogP contribution is -2.39. The number of aliphatic imine (C=N–C) groups is 1. The number of amides is 1. The molecule has 3 N–H and O–H groups in total. The summed E-state index contributed by atoms with van der Waals surface area (Å²) < 4.78 is 18.9. The predicted octanol–water partition coefficient (Wildman–Crippen LogP) is 2.66. The van der Waals surface area contributed by atoms with Gasteiger partial charge in [-0.15, -0.1) is 0 Å². The molecule has 2 rings (SSSR count). The Morgan fingerprint density at radius 3 is 2.68 bits per heavy atom. The molecule has 0 saturated heterocycles. The third-order valence-electron chi connectivity index (χ3n) is 4.38. The van der Waals surface area contributed by atoms with Crippen LogP contribution in [0.3, 0.4) is 0 Å². The third kappa shape index (κ3) is 5.70. The molecule has 0 saturated carbocycles. The van der Waals surface area contributed by atoms with E-state index in [9.17, 15) is 9.18 Å². The monoisotopic (exact) mass is 386 g/mol. The third-order valence-corrected chi connectivity index (χ3v) is 4.38. The zero-order valence-electron chi connectivity index (χ0n) is 16.7. The molecule has 0 bridgehead atoms. The van der Waals surface area contributed by atoms with Crippen LogP contribution in [-0.4, -0.2) is 39.6 Å². The minimum absolute atomic E-state index is 0.104. The van der Waals surface area contributed by atoms with E-state index < -0.39 is 5.82 Å². The average Bonchev–Trinajstić information content (AvgIpc) is 2.72. The number of nitrogens with one attached hydrogen (secondary N) is 3. The Morgan fingerprint density at radius 2 is 2.04 bits per heavy atom. The number of hydrogen-bond donors (Lipinski definition) is 3. The number of hydrogen-bond acceptors (Lipinski definition) is 3. The van der Waals surface area contributed by atoms with Gasteiger partial charge in [0.15, 0.2) is 17.5 Å². The van der Waals surface area contributed by atoms with E-state index in [1.54, 1.807) is 26.2 Å². The van der Waals surface area contributed by atoms with Crippen molar-refractivity contribution < 1.29 is 13.9 Å². The molecule has 1 atom stereocenters. The summed E-state index contributed by atoms with van der Waals surface area (Å²) in [6.07, 6.45) is 0.733. The van der Waals surface area contributed by atoms with E-state index >= 15 is 0 Å². The second kappa shape index (κ2) is 10.3. The second-order valence-corrected chi connectivity index (χ2v) is 6.29. The maximum atomic E-state index is 13.9. The van der Waals surface area contributed by atoms with E-state index in [2.05, 4.69) is 20.9 Å². The summed E-state index contributed by atoms with van der Waals surface area (Å²) >= 11 is 0. The molecule has 6 nitrogen and oxygen atoms in total. The summed E-state index contributed by atoms with van der Waals surface area (Å²) in [5.41, 5.74) is 2.48. The first-order chi connectivity index (χ1) is 13.5. The largest absolute Gasteiger partial charge is 0.494 e. The standard InChI is InChI=1S/C21H27FN4O2/c1-14(16-8-9-19(28-4)18(22)13-16)26-21(24-3)25-11-10-15-6-5-7-17(12-15)20(27)23-2/h5-9,12-14H,10-11H2,1-4H3,(H,23,27)(H2,24,25,26). The first-order valence-electron chi connectivity index (χ1n) is 9.10. The van der Waals surface area contributed by atoms with Crippen LogP contribution in [0.5, 0.6) is 5.75 Å². The summed E-state index contributed by atoms with van der Waals surface area (Å²) in [4.78, 5) is 15.9. The van der Waals surface area contributed by atoms with Crippen molar-refractivity contribution in [3.05, 3.63) is 65.0 Å². The Labute approximate surface area is 165 Å². The average molecular weight is 386 g/mol. The minimum Gasteiger partial charge on any atom is -0.494 e. The molecule has 2 aromatic rings. The van der Waals surface area contributed by atoms with Gasteiger partial charge in [0.25, 0.3) is 5.91 Å². The van der Waals surface area contributed by atoms with Gasteiger partial charge in [-0.2, -0.15) is 0 Å². The van der Waals surface area contributed by atoms with Crippen molar-refractivity contribution in [2.75, 3.05) is 27.7 Å². The lowest BCUT2D eigenvalue weighted by molar-refractivity contribution is 0.0963. The molecule has 0 spiro atoms. The molecule has 0 aliphatic heterocycles. The van der Waals surface area contributed by atoms with Crippen LogP contribution in [0.2, 0.25) is 0 Å². The van der Waals surface area contributed by atoms with Crippen molar-refractivity contribution in [2.24, 2.45) is 4.99 Å². The van der Waals surface area contributed by atoms with Gasteiger partial charge in [-0.25, -0.2) is 4.39 Å². The first-order valence-corrected chi connectivity index (χ1v) is 9.10. The van der Waals surface area contributed by atoms with Crippen LogP contribution in [0.1, 0.15) is 34.5 Å². The van der Waals surface area contributed by atoms with Crippen molar-refractivity contribution in [3.63, 3.8) is 0 Å². The molecular weight excluding hydrogens is 359 g/mol. The molecule has 1 amide bonds. The van der Waals surface area contributed by atoms with Gasteiger partial charge in [0.2, 0.25) is 0 Å². The molecular formula is C21H27FN4O2. The van der Waals surface area contributed by atoms with Gasteiger partial charge in [0, 0.05) is 26.2 Å². The van der Waals surface area contributed by atoms with Crippen LogP contribution in [0.4, 0.5) is 4.39 Å². The molecule has 150 valence electrons. The molecule has 0 aliphatic carbocycles. The Hall–Kier alpha value is -3.09. The van der Waals surface area contributed by atoms with E-state index in [-0.39, 0.29) is 17.7 Å². The molecule has 0 radical (unpaired) electrons. The molecule has 7 heteroatoms. The fraction of sp³-hybridized carbons (Fsp3) is 0.333. The summed E-state index contributed by atoms with van der Waals surface area (Å²) in [6, 6.07) is 12.2. The smallest absolute Gasteiger partial charge is 0.251 e. The number of carbonyl (C=O) groups is 1. The summed E-state index contributed by atoms with van der Waals surface area (Å²) in [5.74, 6) is 0.337. The molecule has 1 unspecified atom stereocenters. The summed E-state index contributed by atoms with van der Waals surface area (Å²) in [7, 11) is 4.74. The number of methoxy groups -OCH3 is 1. The zero-order chi connectivity index (χ0) is 20.5. The Morgan fingerprint density at radius 1 is 1.25 bits per heavy atom. The highest BCUT2D eigenvalue weighted by Crippen LogP contribution is 2.21. The fourth-order valence-electron chi connectivity index (χ4n) is 2.77. The number of benzene rings is 2. The Kier molecular flexibility index (Phi) is 7.80. The van der Waals surface area contributed by atoms with Gasteiger partial charge in [-0.1, -0.05) is 18.2 Å². The van der Waals surface area contributed by atoms with E-state index in [4.69, 9.17) is 4.74 Å². The number of carbonyl (C=O) groups excluding carboxylic acids is 1. The van der Waals surface area contributed by atoms with Crippen LogP contribution in [-0.2, 0) is 6.42 Å². The molecule has 0 heterocycles. The van der Waals surface area contributed by atoms with Gasteiger partial charge in [-0.3, -0.25) is 9.79 Å². The number of ether oxygens (including phenoxy) is 1. The van der Waals surface area contributed by atoms with E-state index in [1.165, 1.54) is 13.2 Å². The summed E-state index contributed by atoms with van der Waals surface area (Å²) in [6.45, 7) is 2.57. The minimum atomic E-state index is -0.396. The van der Waals surface area contributed by atoms with Crippen LogP contribution >= 0.6 is 0 Å². The lowest BCUT2D eigenvalue weighted by Gasteiger charge is -2.19. The Balaban J connectivity index is 1.91. The lowest BCUT2D eigenvalue weighted by atomic mass is 10.1. The molecule has 28 heavy (non-hydrogen) atoms. The first kappa shape index (κ1) is 21.2. The topological polar surface area (TPSA) is 74.8 Å². The van der Waals surface area contributed by atoms with E-state index in [1.807, 2.05) is 31.2 Å². The normalized spacial score (nSPS) is 12.2. The van der Waals surface area contributed by atoms with Crippen LogP contribution < -0.4 is 20.7 Å². The highest BCUT2D eigenvalue weighted by Gasteiger charge is 2.11. The fourth-order valence-corrected chi connectivity index (χ4v) is 2.77. The van der Waals surface area contributed by atoms with Crippen molar-refractivity contribution in [1.29, 1.82) is 0 Å². The maximum Gasteiger partial charge on any atom is 0.251 e. The van der Waals surface area contributed by atoms with Crippen LogP contribution in [0.25, 0.3) is 0 Å². The van der Waals surface area contributed by atoms with E-state index in [0.29, 0.717) is 18.1 Å². The van der Waals surface area contributed by atoms with Gasteiger partial charge in [0.05, 0.1) is 13.2 Å². The highest BCUT2D eigenvalue weighted by molar-refractivity contribution is 5.94. The number of nitrogens with zero attached hydrogens (tertiary/aromatic N) is 1. The van der Waals surface area contributed by atoms with Gasteiger partial charge in [0.1, 0.15) is 0 Å². The van der Waals surface area contributed by atoms with Gasteiger partial charge < -0.3 is 20.7 Å². The van der Waals surface area contributed by atoms with Crippen molar-refractivity contribution in [2.45, 2.75) is 19.4 Å². The van der Waals surface area contributed by atoms with E-state index in [0.717, 1.165) is 17.5 Å². The van der Waals surface area contributed by atoms with Crippen LogP contribution in [0.15, 0.2) is 47.5 Å². The van der Waals surface area contributed by atoms with Gasteiger partial charge in [-0.05, 0) is 48.7 Å². The van der Waals surface area contributed by atoms with Crippen molar-refractivity contribution >= 4 is 11.9 Å². The van der Waals surface area contributed by atoms with Crippen molar-refractivity contribution in [1.82, 2.24) is 16.0 Å². The molecule has 0 fully saturated rings. The highest BCUT2D eigenvalue weighted by atomic mass is 19.1. The number of rotatable bonds is 7. The predicted molar refractivity (Wildman–Crippen MR) is 109 cm³/mol. The number of guanidine groups is 1. The zero-order valence-corrected chi connectivity index (χ0v) is 16.7. The molecule has 0 aliphatic rings. The second-order valence-electron chi connectivity index (χ2n) is 6.29. The van der Waals surface area contributed by atoms with Crippen molar-refractivity contribution in [3.8, 4) is 5.75 Å². The van der Waals surface area contributed by atoms with Gasteiger partial charge >= 0.3 is 0 Å². The van der Waals surface area contributed by atoms with Crippen LogP contribution in [0, 0.1) is 5.82 Å². The number of halogens is 1. The summed E-state index contributed by atoms with van der Waals surface area (Å²) in [5, 5.41) is 9.10. The quantitative estimate of drug-likeness (QED) is 0.505.